The molecule has 0 bridgehead atoms. The van der Waals surface area contributed by atoms with Crippen molar-refractivity contribution in [2.45, 2.75) is 19.5 Å². The van der Waals surface area contributed by atoms with Gasteiger partial charge in [0, 0.05) is 18.1 Å². The van der Waals surface area contributed by atoms with E-state index in [-0.39, 0.29) is 11.6 Å². The van der Waals surface area contributed by atoms with E-state index in [2.05, 4.69) is 31.4 Å². The lowest BCUT2D eigenvalue weighted by molar-refractivity contribution is -0.119. The molecule has 8 nitrogen and oxygen atoms in total. The van der Waals surface area contributed by atoms with Gasteiger partial charge in [-0.1, -0.05) is 12.1 Å². The molecule has 2 heterocycles. The van der Waals surface area contributed by atoms with Crippen LogP contribution < -0.4 is 5.32 Å². The Labute approximate surface area is 157 Å². The first-order valence-electron chi connectivity index (χ1n) is 7.78. The van der Waals surface area contributed by atoms with Crippen LogP contribution in [0.25, 0.3) is 0 Å². The van der Waals surface area contributed by atoms with Gasteiger partial charge in [-0.25, -0.2) is 9.48 Å². The number of benzene rings is 1. The van der Waals surface area contributed by atoms with Crippen molar-refractivity contribution in [2.24, 2.45) is 0 Å². The fourth-order valence-electron chi connectivity index (χ4n) is 2.51. The fourth-order valence-corrected chi connectivity index (χ4v) is 2.84. The van der Waals surface area contributed by atoms with Crippen molar-refractivity contribution < 1.29 is 14.7 Å². The Bertz CT molecular complexity index is 949. The van der Waals surface area contributed by atoms with Crippen molar-refractivity contribution in [2.75, 3.05) is 5.32 Å². The molecule has 0 aliphatic carbocycles. The lowest BCUT2D eigenvalue weighted by Crippen LogP contribution is -2.26. The minimum absolute atomic E-state index is 0.0364. The number of aromatic carboxylic acids is 1. The number of carboxylic acids is 1. The number of carbonyl (C=O) groups excluding carboxylic acids is 1. The monoisotopic (exact) mass is 417 g/mol. The molecule has 0 saturated carbocycles. The molecule has 0 spiro atoms. The number of nitrogens with zero attached hydrogens (tertiary/aromatic N) is 4. The highest BCUT2D eigenvalue weighted by atomic mass is 79.9. The number of carbonyl (C=O) groups is 2. The van der Waals surface area contributed by atoms with Crippen LogP contribution in [-0.4, -0.2) is 36.5 Å². The van der Waals surface area contributed by atoms with Gasteiger partial charge in [-0.3, -0.25) is 9.48 Å². The Hall–Kier alpha value is -2.94. The van der Waals surface area contributed by atoms with E-state index in [9.17, 15) is 9.59 Å². The van der Waals surface area contributed by atoms with E-state index in [1.807, 2.05) is 24.4 Å². The van der Waals surface area contributed by atoms with Crippen LogP contribution in [0.4, 0.5) is 5.69 Å². The fraction of sp³-hybridized carbons (Fsp3) is 0.176. The van der Waals surface area contributed by atoms with Crippen LogP contribution in [0.1, 0.15) is 29.0 Å². The van der Waals surface area contributed by atoms with E-state index in [0.717, 1.165) is 10.0 Å². The summed E-state index contributed by atoms with van der Waals surface area (Å²) in [5.74, 6) is -1.48. The Balaban J connectivity index is 1.72. The number of anilines is 1. The van der Waals surface area contributed by atoms with E-state index in [1.54, 1.807) is 23.9 Å². The van der Waals surface area contributed by atoms with E-state index in [1.165, 1.54) is 16.9 Å². The van der Waals surface area contributed by atoms with Crippen molar-refractivity contribution >= 4 is 33.5 Å². The van der Waals surface area contributed by atoms with Gasteiger partial charge in [0.1, 0.15) is 11.7 Å². The summed E-state index contributed by atoms with van der Waals surface area (Å²) >= 11 is 3.35. The number of amides is 1. The molecule has 26 heavy (non-hydrogen) atoms. The van der Waals surface area contributed by atoms with Gasteiger partial charge in [0.05, 0.1) is 17.2 Å². The normalized spacial score (nSPS) is 11.9. The average molecular weight is 418 g/mol. The molecule has 0 radical (unpaired) electrons. The zero-order valence-corrected chi connectivity index (χ0v) is 15.4. The smallest absolute Gasteiger partial charge is 0.354 e. The van der Waals surface area contributed by atoms with Gasteiger partial charge in [-0.15, -0.1) is 0 Å². The van der Waals surface area contributed by atoms with E-state index < -0.39 is 12.0 Å². The van der Waals surface area contributed by atoms with Crippen molar-refractivity contribution in [3.8, 4) is 0 Å². The van der Waals surface area contributed by atoms with Crippen LogP contribution in [0.2, 0.25) is 0 Å². The molecule has 9 heteroatoms. The summed E-state index contributed by atoms with van der Waals surface area (Å²) in [6.07, 6.45) is 4.92. The van der Waals surface area contributed by atoms with Crippen LogP contribution in [0, 0.1) is 0 Å². The molecule has 1 aromatic carbocycles. The number of aromatic nitrogens is 4. The Kier molecular flexibility index (Phi) is 5.17. The van der Waals surface area contributed by atoms with Gasteiger partial charge in [0.2, 0.25) is 5.91 Å². The molecular weight excluding hydrogens is 402 g/mol. The molecule has 0 aliphatic heterocycles. The molecular formula is C17H16BrN5O3. The summed E-state index contributed by atoms with van der Waals surface area (Å²) in [6, 6.07) is 7.99. The number of hydrogen-bond acceptors (Lipinski definition) is 4. The molecule has 2 aromatic heterocycles. The highest BCUT2D eigenvalue weighted by molar-refractivity contribution is 9.10. The van der Waals surface area contributed by atoms with Gasteiger partial charge >= 0.3 is 5.97 Å². The zero-order valence-electron chi connectivity index (χ0n) is 13.8. The number of rotatable bonds is 6. The first-order chi connectivity index (χ1) is 12.4. The van der Waals surface area contributed by atoms with Gasteiger partial charge in [-0.05, 0) is 46.6 Å². The molecule has 2 N–H and O–H groups in total. The maximum atomic E-state index is 12.5. The molecule has 1 amide bonds. The summed E-state index contributed by atoms with van der Waals surface area (Å²) in [7, 11) is 0. The SMILES string of the molecule is CC(C(=O)Nc1cccc(Cn2cc(Br)cn2)c1)n1nccc1C(=O)O. The summed E-state index contributed by atoms with van der Waals surface area (Å²) in [4.78, 5) is 23.7. The zero-order chi connectivity index (χ0) is 18.7. The van der Waals surface area contributed by atoms with Gasteiger partial charge in [-0.2, -0.15) is 10.2 Å². The second-order valence-electron chi connectivity index (χ2n) is 5.69. The maximum Gasteiger partial charge on any atom is 0.354 e. The van der Waals surface area contributed by atoms with Crippen molar-refractivity contribution in [1.29, 1.82) is 0 Å². The Morgan fingerprint density at radius 3 is 2.81 bits per heavy atom. The molecule has 3 rings (SSSR count). The largest absolute Gasteiger partial charge is 0.477 e. The van der Waals surface area contributed by atoms with Crippen molar-refractivity contribution in [3.63, 3.8) is 0 Å². The second-order valence-corrected chi connectivity index (χ2v) is 6.60. The maximum absolute atomic E-state index is 12.5. The van der Waals surface area contributed by atoms with Crippen molar-refractivity contribution in [3.05, 3.63) is 64.7 Å². The van der Waals surface area contributed by atoms with Crippen LogP contribution >= 0.6 is 15.9 Å². The topological polar surface area (TPSA) is 102 Å². The highest BCUT2D eigenvalue weighted by Crippen LogP contribution is 2.16. The number of carboxylic acid groups (broad SMARTS) is 1. The predicted molar refractivity (Wildman–Crippen MR) is 98.0 cm³/mol. The van der Waals surface area contributed by atoms with E-state index in [0.29, 0.717) is 12.2 Å². The molecule has 1 unspecified atom stereocenters. The summed E-state index contributed by atoms with van der Waals surface area (Å²) in [6.45, 7) is 2.16. The minimum Gasteiger partial charge on any atom is -0.477 e. The number of halogens is 1. The lowest BCUT2D eigenvalue weighted by Gasteiger charge is -2.15. The standard InChI is InChI=1S/C17H16BrN5O3/c1-11(23-15(17(25)26)5-6-19-23)16(24)21-14-4-2-3-12(7-14)9-22-10-13(18)8-20-22/h2-8,10-11H,9H2,1H3,(H,21,24)(H,25,26). The number of hydrogen-bond donors (Lipinski definition) is 2. The quantitative estimate of drug-likeness (QED) is 0.641. The third-order valence-corrected chi connectivity index (χ3v) is 4.19. The average Bonchev–Trinajstić information content (AvgIpc) is 3.23. The first-order valence-corrected chi connectivity index (χ1v) is 8.58. The van der Waals surface area contributed by atoms with Crippen LogP contribution in [-0.2, 0) is 11.3 Å². The second kappa shape index (κ2) is 7.52. The minimum atomic E-state index is -1.13. The van der Waals surface area contributed by atoms with Crippen LogP contribution in [0.15, 0.2) is 53.4 Å². The number of nitrogens with one attached hydrogen (secondary N) is 1. The summed E-state index contributed by atoms with van der Waals surface area (Å²) < 4.78 is 3.85. The first kappa shape index (κ1) is 17.9. The van der Waals surface area contributed by atoms with Crippen molar-refractivity contribution in [1.82, 2.24) is 19.6 Å². The molecule has 0 fully saturated rings. The van der Waals surface area contributed by atoms with Gasteiger partial charge < -0.3 is 10.4 Å². The van der Waals surface area contributed by atoms with Crippen LogP contribution in [0.5, 0.6) is 0 Å². The Morgan fingerprint density at radius 2 is 2.12 bits per heavy atom. The molecule has 0 saturated heterocycles. The third-order valence-electron chi connectivity index (χ3n) is 3.78. The summed E-state index contributed by atoms with van der Waals surface area (Å²) in [5.41, 5.74) is 1.55. The van der Waals surface area contributed by atoms with Gasteiger partial charge in [0.15, 0.2) is 0 Å². The van der Waals surface area contributed by atoms with E-state index >= 15 is 0 Å². The Morgan fingerprint density at radius 1 is 1.31 bits per heavy atom. The van der Waals surface area contributed by atoms with E-state index in [4.69, 9.17) is 5.11 Å². The highest BCUT2D eigenvalue weighted by Gasteiger charge is 2.21. The third kappa shape index (κ3) is 3.99. The molecule has 3 aromatic rings. The lowest BCUT2D eigenvalue weighted by atomic mass is 10.2. The summed E-state index contributed by atoms with van der Waals surface area (Å²) in [5, 5.41) is 20.1. The predicted octanol–water partition coefficient (Wildman–Crippen LogP) is 2.79. The molecule has 134 valence electrons. The van der Waals surface area contributed by atoms with Crippen LogP contribution in [0.3, 0.4) is 0 Å². The molecule has 0 aliphatic rings. The molecule has 1 atom stereocenters. The van der Waals surface area contributed by atoms with Gasteiger partial charge in [0.25, 0.3) is 0 Å².